The largest absolute Gasteiger partial charge is 0.310 e. The van der Waals surface area contributed by atoms with Gasteiger partial charge in [-0.1, -0.05) is 47.8 Å². The Morgan fingerprint density at radius 1 is 1.16 bits per heavy atom. The van der Waals surface area contributed by atoms with E-state index in [9.17, 15) is 0 Å². The summed E-state index contributed by atoms with van der Waals surface area (Å²) in [6.45, 7) is 3.39. The van der Waals surface area contributed by atoms with Gasteiger partial charge in [0.25, 0.3) is 0 Å². The highest BCUT2D eigenvalue weighted by Crippen LogP contribution is 2.60. The van der Waals surface area contributed by atoms with E-state index >= 15 is 0 Å². The Bertz CT molecular complexity index is 402. The number of halogens is 1. The van der Waals surface area contributed by atoms with E-state index in [1.807, 2.05) is 0 Å². The molecule has 0 amide bonds. The van der Waals surface area contributed by atoms with Crippen molar-refractivity contribution < 1.29 is 0 Å². The van der Waals surface area contributed by atoms with E-state index in [0.717, 1.165) is 24.3 Å². The maximum absolute atomic E-state index is 3.81. The molecule has 3 atom stereocenters. The zero-order chi connectivity index (χ0) is 13.2. The Kier molecular flexibility index (Phi) is 4.28. The van der Waals surface area contributed by atoms with Crippen molar-refractivity contribution in [2.24, 2.45) is 17.8 Å². The predicted octanol–water partition coefficient (Wildman–Crippen LogP) is 4.93. The van der Waals surface area contributed by atoms with Gasteiger partial charge in [0, 0.05) is 10.5 Å². The van der Waals surface area contributed by atoms with Crippen LogP contribution < -0.4 is 5.32 Å². The zero-order valence-corrected chi connectivity index (χ0v) is 13.3. The summed E-state index contributed by atoms with van der Waals surface area (Å²) in [6.07, 6.45) is 7.07. The summed E-state index contributed by atoms with van der Waals surface area (Å²) in [4.78, 5) is 0. The van der Waals surface area contributed by atoms with Gasteiger partial charge in [-0.2, -0.15) is 0 Å². The van der Waals surface area contributed by atoms with Gasteiger partial charge in [-0.3, -0.25) is 0 Å². The van der Waals surface area contributed by atoms with Gasteiger partial charge in [-0.05, 0) is 61.3 Å². The minimum Gasteiger partial charge on any atom is -0.310 e. The number of benzene rings is 1. The monoisotopic (exact) mass is 321 g/mol. The molecule has 1 nitrogen and oxygen atoms in total. The lowest BCUT2D eigenvalue weighted by Crippen LogP contribution is -2.25. The first-order chi connectivity index (χ1) is 9.31. The Balaban J connectivity index is 1.76. The topological polar surface area (TPSA) is 12.0 Å². The summed E-state index contributed by atoms with van der Waals surface area (Å²) in [7, 11) is 0. The van der Waals surface area contributed by atoms with E-state index < -0.39 is 0 Å². The van der Waals surface area contributed by atoms with Gasteiger partial charge in [-0.15, -0.1) is 0 Å². The molecule has 1 N–H and O–H groups in total. The Labute approximate surface area is 125 Å². The molecular formula is C17H24BrN. The molecule has 2 fully saturated rings. The summed E-state index contributed by atoms with van der Waals surface area (Å²) in [5.74, 6) is 2.91. The van der Waals surface area contributed by atoms with Gasteiger partial charge >= 0.3 is 0 Å². The Hall–Kier alpha value is -0.340. The lowest BCUT2D eigenvalue weighted by Gasteiger charge is -2.20. The van der Waals surface area contributed by atoms with Crippen molar-refractivity contribution in [2.45, 2.75) is 45.1 Å². The smallest absolute Gasteiger partial charge is 0.0354 e. The van der Waals surface area contributed by atoms with E-state index in [1.54, 1.807) is 0 Å². The number of fused-ring (bicyclic) bond motifs is 1. The molecule has 3 rings (SSSR count). The van der Waals surface area contributed by atoms with E-state index in [4.69, 9.17) is 0 Å². The standard InChI is InChI=1S/C17H24BrN/c1-2-11-19-17(12-7-9-13(18)10-8-12)16-14-5-3-4-6-15(14)16/h7-10,14-17,19H,2-6,11H2,1H3. The van der Waals surface area contributed by atoms with Gasteiger partial charge in [-0.25, -0.2) is 0 Å². The molecule has 104 valence electrons. The molecule has 0 heterocycles. The second-order valence-electron chi connectivity index (χ2n) is 6.17. The normalized spacial score (nSPS) is 30.7. The molecule has 0 spiro atoms. The molecule has 2 saturated carbocycles. The fourth-order valence-electron chi connectivity index (χ4n) is 3.99. The van der Waals surface area contributed by atoms with Crippen molar-refractivity contribution in [2.75, 3.05) is 6.54 Å². The summed E-state index contributed by atoms with van der Waals surface area (Å²) >= 11 is 3.54. The maximum Gasteiger partial charge on any atom is 0.0354 e. The van der Waals surface area contributed by atoms with Crippen LogP contribution in [-0.2, 0) is 0 Å². The predicted molar refractivity (Wildman–Crippen MR) is 84.1 cm³/mol. The molecule has 0 bridgehead atoms. The highest BCUT2D eigenvalue weighted by Gasteiger charge is 2.54. The minimum atomic E-state index is 0.584. The summed E-state index contributed by atoms with van der Waals surface area (Å²) < 4.78 is 1.18. The zero-order valence-electron chi connectivity index (χ0n) is 11.7. The molecule has 19 heavy (non-hydrogen) atoms. The molecule has 1 aromatic rings. The first-order valence-corrected chi connectivity index (χ1v) is 8.59. The van der Waals surface area contributed by atoms with Crippen molar-refractivity contribution in [3.8, 4) is 0 Å². The summed E-state index contributed by atoms with van der Waals surface area (Å²) in [5, 5.41) is 3.81. The molecule has 1 aromatic carbocycles. The van der Waals surface area contributed by atoms with Crippen molar-refractivity contribution in [1.82, 2.24) is 5.32 Å². The second-order valence-corrected chi connectivity index (χ2v) is 7.09. The third kappa shape index (κ3) is 2.90. The number of hydrogen-bond acceptors (Lipinski definition) is 1. The molecule has 2 heteroatoms. The molecule has 2 aliphatic carbocycles. The van der Waals surface area contributed by atoms with Crippen molar-refractivity contribution >= 4 is 15.9 Å². The second kappa shape index (κ2) is 5.97. The van der Waals surface area contributed by atoms with Crippen LogP contribution in [0.2, 0.25) is 0 Å². The highest BCUT2D eigenvalue weighted by atomic mass is 79.9. The molecule has 0 saturated heterocycles. The SMILES string of the molecule is CCCNC(c1ccc(Br)cc1)C1C2CCCCC21. The van der Waals surface area contributed by atoms with Crippen molar-refractivity contribution in [3.05, 3.63) is 34.3 Å². The lowest BCUT2D eigenvalue weighted by atomic mass is 9.99. The van der Waals surface area contributed by atoms with Crippen LogP contribution in [0.25, 0.3) is 0 Å². The fourth-order valence-corrected chi connectivity index (χ4v) is 4.25. The summed E-state index contributed by atoms with van der Waals surface area (Å²) in [5.41, 5.74) is 1.48. The van der Waals surface area contributed by atoms with E-state index in [0.29, 0.717) is 6.04 Å². The number of rotatable bonds is 5. The fraction of sp³-hybridized carbons (Fsp3) is 0.647. The molecule has 0 radical (unpaired) electrons. The molecule has 2 aliphatic rings. The first kappa shape index (κ1) is 13.6. The van der Waals surface area contributed by atoms with Crippen LogP contribution in [0.3, 0.4) is 0 Å². The highest BCUT2D eigenvalue weighted by molar-refractivity contribution is 9.10. The maximum atomic E-state index is 3.81. The van der Waals surface area contributed by atoms with Crippen LogP contribution in [0.1, 0.15) is 50.6 Å². The molecular weight excluding hydrogens is 298 g/mol. The van der Waals surface area contributed by atoms with Crippen LogP contribution >= 0.6 is 15.9 Å². The van der Waals surface area contributed by atoms with Crippen LogP contribution in [0.4, 0.5) is 0 Å². The van der Waals surface area contributed by atoms with Gasteiger partial charge in [0.1, 0.15) is 0 Å². The van der Waals surface area contributed by atoms with E-state index in [1.165, 1.54) is 42.1 Å². The average molecular weight is 322 g/mol. The molecule has 0 aromatic heterocycles. The van der Waals surface area contributed by atoms with Crippen LogP contribution in [-0.4, -0.2) is 6.54 Å². The summed E-state index contributed by atoms with van der Waals surface area (Å²) in [6, 6.07) is 9.54. The minimum absolute atomic E-state index is 0.584. The number of nitrogens with one attached hydrogen (secondary N) is 1. The molecule has 3 unspecified atom stereocenters. The molecule has 0 aliphatic heterocycles. The van der Waals surface area contributed by atoms with Crippen LogP contribution in [0.15, 0.2) is 28.7 Å². The van der Waals surface area contributed by atoms with E-state index in [2.05, 4.69) is 52.4 Å². The Morgan fingerprint density at radius 3 is 2.37 bits per heavy atom. The first-order valence-electron chi connectivity index (χ1n) is 7.80. The quantitative estimate of drug-likeness (QED) is 0.811. The Morgan fingerprint density at radius 2 is 1.79 bits per heavy atom. The van der Waals surface area contributed by atoms with Gasteiger partial charge in [0.15, 0.2) is 0 Å². The number of hydrogen-bond donors (Lipinski definition) is 1. The van der Waals surface area contributed by atoms with E-state index in [-0.39, 0.29) is 0 Å². The lowest BCUT2D eigenvalue weighted by molar-refractivity contribution is 0.445. The average Bonchev–Trinajstić information content (AvgIpc) is 3.16. The third-order valence-corrected chi connectivity index (χ3v) is 5.48. The van der Waals surface area contributed by atoms with Crippen LogP contribution in [0.5, 0.6) is 0 Å². The van der Waals surface area contributed by atoms with Crippen LogP contribution in [0, 0.1) is 17.8 Å². The van der Waals surface area contributed by atoms with Gasteiger partial charge in [0.05, 0.1) is 0 Å². The third-order valence-electron chi connectivity index (χ3n) is 4.95. The van der Waals surface area contributed by atoms with Gasteiger partial charge < -0.3 is 5.32 Å². The van der Waals surface area contributed by atoms with Crippen molar-refractivity contribution in [1.29, 1.82) is 0 Å². The van der Waals surface area contributed by atoms with Crippen molar-refractivity contribution in [3.63, 3.8) is 0 Å². The van der Waals surface area contributed by atoms with Gasteiger partial charge in [0.2, 0.25) is 0 Å².